The number of methoxy groups -OCH3 is 1. The van der Waals surface area contributed by atoms with Gasteiger partial charge in [0.15, 0.2) is 0 Å². The molecular formula is C8H12N2O5S2. The first-order valence-corrected chi connectivity index (χ1v) is 6.84. The van der Waals surface area contributed by atoms with Crippen LogP contribution in [0, 0.1) is 0 Å². The number of carboxylic acids is 1. The Labute approximate surface area is 103 Å². The Bertz CT molecular complexity index is 482. The molecule has 0 amide bonds. The number of nitrogens with one attached hydrogen (secondary N) is 2. The molecule has 1 rings (SSSR count). The van der Waals surface area contributed by atoms with Crippen LogP contribution in [-0.4, -0.2) is 39.8 Å². The van der Waals surface area contributed by atoms with Crippen LogP contribution in [-0.2, 0) is 14.9 Å². The van der Waals surface area contributed by atoms with Crippen LogP contribution in [0.2, 0.25) is 0 Å². The summed E-state index contributed by atoms with van der Waals surface area (Å²) in [7, 11) is -2.22. The lowest BCUT2D eigenvalue weighted by Gasteiger charge is -2.06. The summed E-state index contributed by atoms with van der Waals surface area (Å²) in [6.07, 6.45) is 0. The third-order valence-electron chi connectivity index (χ3n) is 1.65. The van der Waals surface area contributed by atoms with Gasteiger partial charge in [0.25, 0.3) is 10.2 Å². The maximum atomic E-state index is 11.4. The molecular weight excluding hydrogens is 268 g/mol. The predicted octanol–water partition coefficient (Wildman–Crippen LogP) is 0.339. The molecule has 0 unspecified atom stereocenters. The van der Waals surface area contributed by atoms with Gasteiger partial charge in [-0.2, -0.15) is 13.1 Å². The van der Waals surface area contributed by atoms with Crippen molar-refractivity contribution in [2.24, 2.45) is 0 Å². The van der Waals surface area contributed by atoms with Gasteiger partial charge in [-0.15, -0.1) is 11.3 Å². The van der Waals surface area contributed by atoms with Crippen LogP contribution in [0.25, 0.3) is 0 Å². The maximum Gasteiger partial charge on any atom is 0.345 e. The van der Waals surface area contributed by atoms with Crippen molar-refractivity contribution in [2.45, 2.75) is 0 Å². The van der Waals surface area contributed by atoms with Gasteiger partial charge in [0.2, 0.25) is 0 Å². The van der Waals surface area contributed by atoms with E-state index in [0.29, 0.717) is 0 Å². The normalized spacial score (nSPS) is 11.4. The number of hydrogen-bond acceptors (Lipinski definition) is 5. The molecule has 0 aliphatic heterocycles. The van der Waals surface area contributed by atoms with Crippen molar-refractivity contribution in [3.05, 3.63) is 17.0 Å². The highest BCUT2D eigenvalue weighted by molar-refractivity contribution is 7.91. The summed E-state index contributed by atoms with van der Waals surface area (Å²) in [4.78, 5) is 10.7. The lowest BCUT2D eigenvalue weighted by atomic mass is 10.5. The van der Waals surface area contributed by atoms with Gasteiger partial charge in [-0.25, -0.2) is 4.79 Å². The molecule has 1 heterocycles. The summed E-state index contributed by atoms with van der Waals surface area (Å²) >= 11 is 0.846. The zero-order valence-corrected chi connectivity index (χ0v) is 10.6. The molecule has 0 spiro atoms. The molecule has 1 aromatic rings. The van der Waals surface area contributed by atoms with Crippen LogP contribution < -0.4 is 9.44 Å². The molecule has 7 nitrogen and oxygen atoms in total. The summed E-state index contributed by atoms with van der Waals surface area (Å²) in [6, 6.07) is 2.73. The summed E-state index contributed by atoms with van der Waals surface area (Å²) in [5.74, 6) is -1.09. The largest absolute Gasteiger partial charge is 0.477 e. The first kappa shape index (κ1) is 13.9. The van der Waals surface area contributed by atoms with Gasteiger partial charge in [-0.1, -0.05) is 0 Å². The van der Waals surface area contributed by atoms with Crippen molar-refractivity contribution >= 4 is 32.5 Å². The Hall–Kier alpha value is -1.16. The van der Waals surface area contributed by atoms with Crippen LogP contribution >= 0.6 is 11.3 Å². The Balaban J connectivity index is 2.60. The van der Waals surface area contributed by atoms with Crippen LogP contribution in [0.5, 0.6) is 0 Å². The molecule has 1 aromatic heterocycles. The van der Waals surface area contributed by atoms with Gasteiger partial charge in [0.1, 0.15) is 9.88 Å². The van der Waals surface area contributed by atoms with E-state index in [-0.39, 0.29) is 23.0 Å². The standard InChI is InChI=1S/C8H12N2O5S2/c1-15-5-4-9-17(13,14)10-7-3-2-6(16-7)8(11)12/h2-3,9-10H,4-5H2,1H3,(H,11,12). The Morgan fingerprint density at radius 1 is 1.53 bits per heavy atom. The highest BCUT2D eigenvalue weighted by atomic mass is 32.2. The second-order valence-corrected chi connectivity index (χ2v) is 5.55. The number of anilines is 1. The Kier molecular flexibility index (Phi) is 4.87. The fourth-order valence-corrected chi connectivity index (χ4v) is 2.80. The summed E-state index contributed by atoms with van der Waals surface area (Å²) < 4.78 is 32.0. The van der Waals surface area contributed by atoms with Crippen molar-refractivity contribution in [1.82, 2.24) is 4.72 Å². The van der Waals surface area contributed by atoms with Crippen LogP contribution in [0.4, 0.5) is 5.00 Å². The topological polar surface area (TPSA) is 105 Å². The molecule has 17 heavy (non-hydrogen) atoms. The van der Waals surface area contributed by atoms with E-state index in [0.717, 1.165) is 11.3 Å². The quantitative estimate of drug-likeness (QED) is 0.625. The minimum atomic E-state index is -3.68. The monoisotopic (exact) mass is 280 g/mol. The molecule has 0 saturated heterocycles. The number of aromatic carboxylic acids is 1. The Morgan fingerprint density at radius 2 is 2.24 bits per heavy atom. The number of thiophene rings is 1. The molecule has 96 valence electrons. The summed E-state index contributed by atoms with van der Waals surface area (Å²) in [5.41, 5.74) is 0. The molecule has 0 radical (unpaired) electrons. The lowest BCUT2D eigenvalue weighted by Crippen LogP contribution is -2.32. The molecule has 9 heteroatoms. The van der Waals surface area contributed by atoms with Crippen molar-refractivity contribution in [1.29, 1.82) is 0 Å². The van der Waals surface area contributed by atoms with E-state index >= 15 is 0 Å². The highest BCUT2D eigenvalue weighted by Gasteiger charge is 2.12. The van der Waals surface area contributed by atoms with Gasteiger partial charge in [0, 0.05) is 13.7 Å². The van der Waals surface area contributed by atoms with E-state index in [9.17, 15) is 13.2 Å². The molecule has 0 bridgehead atoms. The van der Waals surface area contributed by atoms with E-state index in [2.05, 4.69) is 9.44 Å². The number of hydrogen-bond donors (Lipinski definition) is 3. The minimum absolute atomic E-state index is 0.0691. The highest BCUT2D eigenvalue weighted by Crippen LogP contribution is 2.22. The fraction of sp³-hybridized carbons (Fsp3) is 0.375. The lowest BCUT2D eigenvalue weighted by molar-refractivity contribution is 0.0702. The zero-order valence-electron chi connectivity index (χ0n) is 8.97. The SMILES string of the molecule is COCCNS(=O)(=O)Nc1ccc(C(=O)O)s1. The summed E-state index contributed by atoms with van der Waals surface area (Å²) in [6.45, 7) is 0.398. The third kappa shape index (κ3) is 4.69. The molecule has 0 aliphatic carbocycles. The number of rotatable bonds is 7. The third-order valence-corrected chi connectivity index (χ3v) is 3.84. The molecule has 0 aromatic carbocycles. The van der Waals surface area contributed by atoms with E-state index in [1.807, 2.05) is 0 Å². The fourth-order valence-electron chi connectivity index (χ4n) is 0.954. The van der Waals surface area contributed by atoms with E-state index in [4.69, 9.17) is 9.84 Å². The smallest absolute Gasteiger partial charge is 0.345 e. The van der Waals surface area contributed by atoms with Crippen molar-refractivity contribution < 1.29 is 23.1 Å². The zero-order chi connectivity index (χ0) is 12.9. The molecule has 3 N–H and O–H groups in total. The van der Waals surface area contributed by atoms with Crippen LogP contribution in [0.15, 0.2) is 12.1 Å². The Morgan fingerprint density at radius 3 is 2.76 bits per heavy atom. The van der Waals surface area contributed by atoms with Gasteiger partial charge < -0.3 is 9.84 Å². The minimum Gasteiger partial charge on any atom is -0.477 e. The number of ether oxygens (including phenoxy) is 1. The van der Waals surface area contributed by atoms with Gasteiger partial charge in [-0.3, -0.25) is 4.72 Å². The molecule has 0 fully saturated rings. The van der Waals surface area contributed by atoms with Crippen molar-refractivity contribution in [3.8, 4) is 0 Å². The summed E-state index contributed by atoms with van der Waals surface area (Å²) in [5, 5.41) is 8.91. The van der Waals surface area contributed by atoms with Crippen LogP contribution in [0.3, 0.4) is 0 Å². The molecule has 0 atom stereocenters. The average Bonchev–Trinajstić information content (AvgIpc) is 2.65. The first-order chi connectivity index (χ1) is 7.94. The molecule has 0 saturated carbocycles. The van der Waals surface area contributed by atoms with Gasteiger partial charge in [-0.05, 0) is 12.1 Å². The second kappa shape index (κ2) is 5.96. The van der Waals surface area contributed by atoms with Gasteiger partial charge >= 0.3 is 5.97 Å². The van der Waals surface area contributed by atoms with Crippen molar-refractivity contribution in [3.63, 3.8) is 0 Å². The number of carbonyl (C=O) groups is 1. The van der Waals surface area contributed by atoms with Crippen LogP contribution in [0.1, 0.15) is 9.67 Å². The van der Waals surface area contributed by atoms with E-state index < -0.39 is 16.2 Å². The number of carboxylic acid groups (broad SMARTS) is 1. The average molecular weight is 280 g/mol. The van der Waals surface area contributed by atoms with E-state index in [1.165, 1.54) is 19.2 Å². The van der Waals surface area contributed by atoms with Crippen molar-refractivity contribution in [2.75, 3.05) is 25.0 Å². The van der Waals surface area contributed by atoms with E-state index in [1.54, 1.807) is 0 Å². The predicted molar refractivity (Wildman–Crippen MR) is 63.7 cm³/mol. The second-order valence-electron chi connectivity index (χ2n) is 2.96. The van der Waals surface area contributed by atoms with Gasteiger partial charge in [0.05, 0.1) is 6.61 Å². The maximum absolute atomic E-state index is 11.4. The molecule has 0 aliphatic rings. The first-order valence-electron chi connectivity index (χ1n) is 4.54.